The molecule has 3 aromatic rings. The Kier molecular flexibility index (Phi) is 5.52. The summed E-state index contributed by atoms with van der Waals surface area (Å²) in [4.78, 5) is 0.351. The van der Waals surface area contributed by atoms with Crippen molar-refractivity contribution in [1.82, 2.24) is 14.2 Å². The topological polar surface area (TPSA) is 83.8 Å². The maximum atomic E-state index is 13.3. The van der Waals surface area contributed by atoms with Gasteiger partial charge in [0.25, 0.3) is 0 Å². The molecule has 1 atom stereocenters. The van der Waals surface area contributed by atoms with Crippen molar-refractivity contribution in [2.45, 2.75) is 36.1 Å². The number of benzene rings is 2. The maximum Gasteiger partial charge on any atom is 0.243 e. The van der Waals surface area contributed by atoms with Gasteiger partial charge in [0.2, 0.25) is 10.0 Å². The highest BCUT2D eigenvalue weighted by molar-refractivity contribution is 7.89. The molecule has 1 spiro atoms. The van der Waals surface area contributed by atoms with E-state index < -0.39 is 10.0 Å². The van der Waals surface area contributed by atoms with Gasteiger partial charge in [-0.15, -0.1) is 0 Å². The average molecular weight is 470 g/mol. The molecule has 2 aromatic carbocycles. The number of fused-ring (bicyclic) bond motifs is 4. The monoisotopic (exact) mass is 469 g/mol. The Morgan fingerprint density at radius 3 is 2.48 bits per heavy atom. The van der Waals surface area contributed by atoms with E-state index in [0.29, 0.717) is 18.0 Å². The minimum absolute atomic E-state index is 0.0122. The van der Waals surface area contributed by atoms with Crippen molar-refractivity contribution in [2.24, 2.45) is 7.05 Å². The number of hydrogen-bond donors (Lipinski definition) is 2. The first-order valence-corrected chi connectivity index (χ1v) is 12.8. The number of aliphatic hydroxyl groups is 1. The lowest BCUT2D eigenvalue weighted by molar-refractivity contribution is 0.176. The third-order valence-corrected chi connectivity index (χ3v) is 9.43. The third-order valence-electron chi connectivity index (χ3n) is 7.52. The number of aliphatic hydroxyl groups excluding tert-OH is 1. The van der Waals surface area contributed by atoms with E-state index in [0.717, 1.165) is 47.3 Å². The fourth-order valence-electron chi connectivity index (χ4n) is 5.62. The van der Waals surface area contributed by atoms with E-state index in [1.54, 1.807) is 23.5 Å². The highest BCUT2D eigenvalue weighted by Gasteiger charge is 2.46. The van der Waals surface area contributed by atoms with Crippen LogP contribution >= 0.6 is 0 Å². The fraction of sp³-hybridized carbons (Fsp3) is 0.440. The summed E-state index contributed by atoms with van der Waals surface area (Å²) in [7, 11) is 0.167. The fourth-order valence-corrected chi connectivity index (χ4v) is 7.06. The Bertz CT molecular complexity index is 1290. The molecule has 1 aromatic heterocycles. The van der Waals surface area contributed by atoms with Crippen molar-refractivity contribution >= 4 is 20.9 Å². The van der Waals surface area contributed by atoms with E-state index in [-0.39, 0.29) is 18.1 Å². The summed E-state index contributed by atoms with van der Waals surface area (Å²) in [5.41, 5.74) is 4.25. The Morgan fingerprint density at radius 2 is 1.85 bits per heavy atom. The predicted octanol–water partition coefficient (Wildman–Crippen LogP) is 2.85. The summed E-state index contributed by atoms with van der Waals surface area (Å²) in [6.07, 6.45) is 1.45. The standard InChI is InChI=1S/C25H31N3O4S/c1-17-4-7-19(8-5-17)33(30,31)28-12-10-25(11-13-28)16-26-21(15-29)24-23(25)20-9-6-18(32-3)14-22(20)27(24)2/h4-9,14,21,26,29H,10-13,15-16H2,1-3H3/t21-/m1/s1. The first-order valence-electron chi connectivity index (χ1n) is 11.4. The van der Waals surface area contributed by atoms with Gasteiger partial charge in [-0.2, -0.15) is 4.31 Å². The molecular weight excluding hydrogens is 438 g/mol. The lowest BCUT2D eigenvalue weighted by Gasteiger charge is -2.46. The van der Waals surface area contributed by atoms with Gasteiger partial charge in [-0.3, -0.25) is 0 Å². The third kappa shape index (κ3) is 3.47. The molecule has 2 aliphatic rings. The summed E-state index contributed by atoms with van der Waals surface area (Å²) in [5.74, 6) is 0.794. The molecule has 0 bridgehead atoms. The van der Waals surface area contributed by atoms with Crippen LogP contribution in [0.1, 0.15) is 35.7 Å². The minimum Gasteiger partial charge on any atom is -0.497 e. The van der Waals surface area contributed by atoms with Crippen LogP contribution in [0, 0.1) is 6.92 Å². The van der Waals surface area contributed by atoms with Gasteiger partial charge in [0.15, 0.2) is 0 Å². The van der Waals surface area contributed by atoms with Crippen molar-refractivity contribution in [3.05, 3.63) is 59.3 Å². The van der Waals surface area contributed by atoms with Gasteiger partial charge >= 0.3 is 0 Å². The zero-order chi connectivity index (χ0) is 23.4. The van der Waals surface area contributed by atoms with Crippen LogP contribution in [0.5, 0.6) is 5.75 Å². The summed E-state index contributed by atoms with van der Waals surface area (Å²) in [5, 5.41) is 14.8. The number of aryl methyl sites for hydroxylation is 2. The normalized spacial score (nSPS) is 20.8. The Balaban J connectivity index is 1.53. The lowest BCUT2D eigenvalue weighted by Crippen LogP contribution is -2.53. The molecule has 0 unspecified atom stereocenters. The number of aromatic nitrogens is 1. The molecule has 176 valence electrons. The largest absolute Gasteiger partial charge is 0.497 e. The highest BCUT2D eigenvalue weighted by atomic mass is 32.2. The van der Waals surface area contributed by atoms with Crippen molar-refractivity contribution in [3.8, 4) is 5.75 Å². The van der Waals surface area contributed by atoms with Crippen molar-refractivity contribution in [1.29, 1.82) is 0 Å². The summed E-state index contributed by atoms with van der Waals surface area (Å²) in [6, 6.07) is 13.0. The highest BCUT2D eigenvalue weighted by Crippen LogP contribution is 2.47. The van der Waals surface area contributed by atoms with Gasteiger partial charge in [0, 0.05) is 49.2 Å². The Labute approximate surface area is 195 Å². The van der Waals surface area contributed by atoms with E-state index in [1.807, 2.05) is 38.2 Å². The van der Waals surface area contributed by atoms with Gasteiger partial charge in [-0.05, 0) is 49.6 Å². The minimum atomic E-state index is -3.52. The first kappa shape index (κ1) is 22.4. The number of methoxy groups -OCH3 is 1. The van der Waals surface area contributed by atoms with Gasteiger partial charge in [0.05, 0.1) is 30.2 Å². The van der Waals surface area contributed by atoms with E-state index in [4.69, 9.17) is 4.74 Å². The summed E-state index contributed by atoms with van der Waals surface area (Å²) in [6.45, 7) is 3.61. The molecule has 3 heterocycles. The number of piperidine rings is 1. The molecular formula is C25H31N3O4S. The Morgan fingerprint density at radius 1 is 1.15 bits per heavy atom. The van der Waals surface area contributed by atoms with Gasteiger partial charge in [0.1, 0.15) is 5.75 Å². The van der Waals surface area contributed by atoms with E-state index in [1.165, 1.54) is 5.56 Å². The lowest BCUT2D eigenvalue weighted by atomic mass is 9.69. The van der Waals surface area contributed by atoms with E-state index >= 15 is 0 Å². The number of hydrogen-bond acceptors (Lipinski definition) is 5. The second-order valence-corrected chi connectivity index (χ2v) is 11.3. The number of rotatable bonds is 4. The molecule has 2 aliphatic heterocycles. The predicted molar refractivity (Wildman–Crippen MR) is 128 cm³/mol. The van der Waals surface area contributed by atoms with Crippen LogP contribution in [0.3, 0.4) is 0 Å². The molecule has 1 saturated heterocycles. The Hall–Kier alpha value is -2.39. The number of ether oxygens (including phenoxy) is 1. The SMILES string of the molecule is COc1ccc2c3c(n(C)c2c1)[C@@H](CO)NCC31CCN(S(=O)(=O)c2ccc(C)cc2)CC1. The molecule has 0 saturated carbocycles. The van der Waals surface area contributed by atoms with Crippen LogP contribution in [0.2, 0.25) is 0 Å². The van der Waals surface area contributed by atoms with Crippen LogP contribution in [0.15, 0.2) is 47.4 Å². The number of nitrogens with zero attached hydrogens (tertiary/aromatic N) is 2. The van der Waals surface area contributed by atoms with Gasteiger partial charge in [-0.1, -0.05) is 17.7 Å². The van der Waals surface area contributed by atoms with Crippen LogP contribution in [0.4, 0.5) is 0 Å². The van der Waals surface area contributed by atoms with Gasteiger partial charge < -0.3 is 19.7 Å². The molecule has 0 aliphatic carbocycles. The van der Waals surface area contributed by atoms with Crippen molar-refractivity contribution < 1.29 is 18.3 Å². The molecule has 33 heavy (non-hydrogen) atoms. The smallest absolute Gasteiger partial charge is 0.243 e. The zero-order valence-electron chi connectivity index (χ0n) is 19.3. The quantitative estimate of drug-likeness (QED) is 0.614. The van der Waals surface area contributed by atoms with Crippen LogP contribution in [0.25, 0.3) is 10.9 Å². The second kappa shape index (κ2) is 8.13. The van der Waals surface area contributed by atoms with Crippen molar-refractivity contribution in [3.63, 3.8) is 0 Å². The molecule has 2 N–H and O–H groups in total. The zero-order valence-corrected chi connectivity index (χ0v) is 20.2. The van der Waals surface area contributed by atoms with E-state index in [2.05, 4.69) is 16.0 Å². The number of nitrogens with one attached hydrogen (secondary N) is 1. The van der Waals surface area contributed by atoms with Crippen LogP contribution in [-0.4, -0.2) is 55.7 Å². The summed E-state index contributed by atoms with van der Waals surface area (Å²) >= 11 is 0. The molecule has 1 fully saturated rings. The number of sulfonamides is 1. The van der Waals surface area contributed by atoms with Crippen LogP contribution < -0.4 is 10.1 Å². The first-order chi connectivity index (χ1) is 15.8. The molecule has 7 nitrogen and oxygen atoms in total. The summed E-state index contributed by atoms with van der Waals surface area (Å²) < 4.78 is 35.7. The maximum absolute atomic E-state index is 13.3. The van der Waals surface area contributed by atoms with Gasteiger partial charge in [-0.25, -0.2) is 8.42 Å². The molecule has 5 rings (SSSR count). The average Bonchev–Trinajstić information content (AvgIpc) is 3.13. The van der Waals surface area contributed by atoms with Crippen molar-refractivity contribution in [2.75, 3.05) is 33.4 Å². The van der Waals surface area contributed by atoms with E-state index in [9.17, 15) is 13.5 Å². The second-order valence-electron chi connectivity index (χ2n) is 9.32. The van der Waals surface area contributed by atoms with Crippen LogP contribution in [-0.2, 0) is 22.5 Å². The molecule has 8 heteroatoms. The molecule has 0 radical (unpaired) electrons. The molecule has 0 amide bonds.